The number of likely N-dealkylation sites (tertiary alicyclic amines) is 2. The second kappa shape index (κ2) is 21.9. The molecule has 3 aromatic rings. The lowest BCUT2D eigenvalue weighted by Crippen LogP contribution is -2.57. The zero-order valence-corrected chi connectivity index (χ0v) is 36.8. The minimum atomic E-state index is -0.835. The van der Waals surface area contributed by atoms with Gasteiger partial charge in [-0.3, -0.25) is 24.6 Å². The minimum absolute atomic E-state index is 0.0429. The van der Waals surface area contributed by atoms with Crippen molar-refractivity contribution < 1.29 is 24.3 Å². The number of benzene rings is 2. The first-order valence-corrected chi connectivity index (χ1v) is 22.6. The summed E-state index contributed by atoms with van der Waals surface area (Å²) in [6, 6.07) is 14.1. The molecule has 0 bridgehead atoms. The highest BCUT2D eigenvalue weighted by Gasteiger charge is 2.44. The average Bonchev–Trinajstić information content (AvgIpc) is 3.84. The van der Waals surface area contributed by atoms with Crippen LogP contribution in [0.15, 0.2) is 54.0 Å². The van der Waals surface area contributed by atoms with Crippen LogP contribution in [-0.4, -0.2) is 94.4 Å². The Labute approximate surface area is 355 Å². The number of aromatic nitrogens is 1. The molecule has 2 saturated heterocycles. The van der Waals surface area contributed by atoms with Gasteiger partial charge >= 0.3 is 0 Å². The summed E-state index contributed by atoms with van der Waals surface area (Å²) in [6.45, 7) is 15.7. The number of aryl methyl sites for hydroxylation is 1. The van der Waals surface area contributed by atoms with E-state index in [1.54, 1.807) is 11.3 Å². The van der Waals surface area contributed by atoms with E-state index < -0.39 is 23.6 Å². The highest BCUT2D eigenvalue weighted by molar-refractivity contribution is 7.13. The lowest BCUT2D eigenvalue weighted by atomic mass is 9.85. The molecule has 2 aliphatic rings. The molecule has 13 heteroatoms. The molecule has 4 amide bonds. The van der Waals surface area contributed by atoms with E-state index in [1.165, 1.54) is 10.5 Å². The molecule has 2 aromatic carbocycles. The molecule has 59 heavy (non-hydrogen) atoms. The van der Waals surface area contributed by atoms with Crippen molar-refractivity contribution in [3.63, 3.8) is 0 Å². The van der Waals surface area contributed by atoms with Crippen LogP contribution in [0.4, 0.5) is 0 Å². The van der Waals surface area contributed by atoms with E-state index in [2.05, 4.69) is 50.4 Å². The van der Waals surface area contributed by atoms with Crippen molar-refractivity contribution in [3.05, 3.63) is 76.4 Å². The molecule has 2 aliphatic heterocycles. The van der Waals surface area contributed by atoms with Crippen molar-refractivity contribution in [2.24, 2.45) is 5.41 Å². The molecule has 2 fully saturated rings. The Balaban J connectivity index is 0.997. The van der Waals surface area contributed by atoms with Gasteiger partial charge in [0.25, 0.3) is 5.91 Å². The van der Waals surface area contributed by atoms with Gasteiger partial charge in [-0.2, -0.15) is 0 Å². The first kappa shape index (κ1) is 45.9. The van der Waals surface area contributed by atoms with Crippen LogP contribution in [0.2, 0.25) is 0 Å². The van der Waals surface area contributed by atoms with Crippen LogP contribution < -0.4 is 21.5 Å². The number of unbranched alkanes of at least 4 members (excludes halogenated alkanes) is 4. The number of amides is 4. The summed E-state index contributed by atoms with van der Waals surface area (Å²) in [5, 5.41) is 16.7. The summed E-state index contributed by atoms with van der Waals surface area (Å²) in [6.07, 6.45) is 7.82. The fourth-order valence-corrected chi connectivity index (χ4v) is 8.95. The van der Waals surface area contributed by atoms with Crippen molar-refractivity contribution in [1.82, 2.24) is 36.3 Å². The van der Waals surface area contributed by atoms with Gasteiger partial charge < -0.3 is 25.5 Å². The fourth-order valence-electron chi connectivity index (χ4n) is 8.14. The number of nitrogens with zero attached hydrogens (tertiary/aromatic N) is 3. The molecule has 0 unspecified atom stereocenters. The highest BCUT2D eigenvalue weighted by Crippen LogP contribution is 2.31. The molecule has 3 heterocycles. The molecule has 12 nitrogen and oxygen atoms in total. The van der Waals surface area contributed by atoms with Gasteiger partial charge in [-0.15, -0.1) is 11.3 Å². The summed E-state index contributed by atoms with van der Waals surface area (Å²) in [7, 11) is 0. The summed E-state index contributed by atoms with van der Waals surface area (Å²) in [5.41, 5.74) is 11.9. The van der Waals surface area contributed by atoms with Gasteiger partial charge in [0.05, 0.1) is 28.2 Å². The van der Waals surface area contributed by atoms with Crippen LogP contribution in [0, 0.1) is 12.3 Å². The molecule has 0 aliphatic carbocycles. The number of carbonyl (C=O) groups excluding carboxylic acids is 4. The van der Waals surface area contributed by atoms with E-state index in [-0.39, 0.29) is 42.6 Å². The Bertz CT molecular complexity index is 1820. The molecule has 5 N–H and O–H groups in total. The summed E-state index contributed by atoms with van der Waals surface area (Å²) in [5.74, 6) is -0.422. The van der Waals surface area contributed by atoms with Crippen LogP contribution in [-0.2, 0) is 14.4 Å². The maximum Gasteiger partial charge on any atom is 0.265 e. The number of piperidine rings is 1. The standard InChI is InChI=1S/C46H67N7O5S/c1-7-24-48-51-43(56)37-20-16-34(17-21-37)35-22-26-52(27-23-35)25-12-10-8-9-11-13-40(55)50-42(46(4,5)6)45(58)53-29-38(54)28-39(53)44(57)49-31(2)33-14-18-36(19-15-33)41-32(3)47-30-59-41/h14-21,30-31,35,38-39,42,48,54H,7-13,22-29H2,1-6H3,(H,49,57)(H,50,55)(H,51,56)/t31-,38+,39-,42+/m0/s1. The van der Waals surface area contributed by atoms with E-state index in [0.717, 1.165) is 99.2 Å². The molecular weight excluding hydrogens is 763 g/mol. The summed E-state index contributed by atoms with van der Waals surface area (Å²) in [4.78, 5) is 62.6. The smallest absolute Gasteiger partial charge is 0.265 e. The van der Waals surface area contributed by atoms with Gasteiger partial charge in [0.2, 0.25) is 17.7 Å². The Morgan fingerprint density at radius 3 is 2.25 bits per heavy atom. The lowest BCUT2D eigenvalue weighted by molar-refractivity contribution is -0.144. The molecule has 1 aromatic heterocycles. The number of hydrazine groups is 1. The minimum Gasteiger partial charge on any atom is -0.391 e. The molecule has 4 atom stereocenters. The second-order valence-electron chi connectivity index (χ2n) is 17.5. The predicted molar refractivity (Wildman–Crippen MR) is 235 cm³/mol. The zero-order valence-electron chi connectivity index (χ0n) is 36.0. The van der Waals surface area contributed by atoms with Gasteiger partial charge in [-0.1, -0.05) is 83.4 Å². The first-order valence-electron chi connectivity index (χ1n) is 21.7. The monoisotopic (exact) mass is 829 g/mol. The van der Waals surface area contributed by atoms with Crippen LogP contribution in [0.25, 0.3) is 10.4 Å². The van der Waals surface area contributed by atoms with E-state index in [9.17, 15) is 24.3 Å². The topological polar surface area (TPSA) is 156 Å². The first-order chi connectivity index (χ1) is 28.2. The van der Waals surface area contributed by atoms with Crippen molar-refractivity contribution in [3.8, 4) is 10.4 Å². The third-order valence-corrected chi connectivity index (χ3v) is 12.7. The quantitative estimate of drug-likeness (QED) is 0.0665. The Hall–Kier alpha value is -4.17. The third kappa shape index (κ3) is 13.2. The number of hydrogen-bond acceptors (Lipinski definition) is 9. The number of thiazole rings is 1. The van der Waals surface area contributed by atoms with Crippen molar-refractivity contribution in [2.75, 3.05) is 32.7 Å². The highest BCUT2D eigenvalue weighted by atomic mass is 32.1. The fraction of sp³-hybridized carbons (Fsp3) is 0.587. The van der Waals surface area contributed by atoms with E-state index in [4.69, 9.17) is 0 Å². The molecule has 5 rings (SSSR count). The third-order valence-electron chi connectivity index (χ3n) is 11.7. The second-order valence-corrected chi connectivity index (χ2v) is 18.4. The number of aliphatic hydroxyl groups excluding tert-OH is 1. The van der Waals surface area contributed by atoms with Gasteiger partial charge in [0.1, 0.15) is 12.1 Å². The summed E-state index contributed by atoms with van der Waals surface area (Å²) < 4.78 is 0. The lowest BCUT2D eigenvalue weighted by Gasteiger charge is -2.35. The Morgan fingerprint density at radius 2 is 1.61 bits per heavy atom. The van der Waals surface area contributed by atoms with Crippen molar-refractivity contribution >= 4 is 35.0 Å². The number of hydrogen-bond donors (Lipinski definition) is 5. The molecule has 0 spiro atoms. The number of β-amino-alcohol motifs (C(OH)–C–C–N with tert-alkyl or cyclic N) is 1. The van der Waals surface area contributed by atoms with Crippen LogP contribution >= 0.6 is 11.3 Å². The van der Waals surface area contributed by atoms with E-state index >= 15 is 0 Å². The number of carbonyl (C=O) groups is 4. The van der Waals surface area contributed by atoms with E-state index in [0.29, 0.717) is 17.9 Å². The average molecular weight is 830 g/mol. The molecule has 0 saturated carbocycles. The van der Waals surface area contributed by atoms with Gasteiger partial charge in [0, 0.05) is 31.5 Å². The van der Waals surface area contributed by atoms with Crippen LogP contribution in [0.5, 0.6) is 0 Å². The van der Waals surface area contributed by atoms with Gasteiger partial charge in [-0.25, -0.2) is 10.4 Å². The van der Waals surface area contributed by atoms with Crippen LogP contribution in [0.1, 0.15) is 138 Å². The maximum absolute atomic E-state index is 14.1. The zero-order chi connectivity index (χ0) is 42.5. The Morgan fingerprint density at radius 1 is 0.932 bits per heavy atom. The number of aliphatic hydroxyl groups is 1. The largest absolute Gasteiger partial charge is 0.391 e. The van der Waals surface area contributed by atoms with Crippen molar-refractivity contribution in [2.45, 2.75) is 136 Å². The Kier molecular flexibility index (Phi) is 17.0. The molecular formula is C46H67N7O5S. The van der Waals surface area contributed by atoms with E-state index in [1.807, 2.05) is 76.5 Å². The number of rotatable bonds is 19. The maximum atomic E-state index is 14.1. The predicted octanol–water partition coefficient (Wildman–Crippen LogP) is 6.65. The SMILES string of the molecule is CCCNNC(=O)c1ccc(C2CCN(CCCCCCCC(=O)N[C@H](C(=O)N3C[C@H](O)C[C@H]3C(=O)N[C@@H](C)c3ccc(-c4scnc4C)cc3)C(C)(C)C)CC2)cc1. The van der Waals surface area contributed by atoms with Crippen LogP contribution in [0.3, 0.4) is 0 Å². The normalized spacial score (nSPS) is 18.7. The summed E-state index contributed by atoms with van der Waals surface area (Å²) >= 11 is 1.59. The molecule has 322 valence electrons. The molecule has 0 radical (unpaired) electrons. The number of nitrogens with one attached hydrogen (secondary N) is 4. The van der Waals surface area contributed by atoms with Gasteiger partial charge in [-0.05, 0) is 106 Å². The van der Waals surface area contributed by atoms with Gasteiger partial charge in [0.15, 0.2) is 0 Å². The van der Waals surface area contributed by atoms with Crippen molar-refractivity contribution in [1.29, 1.82) is 0 Å².